The van der Waals surface area contributed by atoms with Gasteiger partial charge in [0.15, 0.2) is 0 Å². The molecule has 0 aliphatic heterocycles. The minimum absolute atomic E-state index is 0.625. The highest BCUT2D eigenvalue weighted by Gasteiger charge is 2.51. The standard InChI is InChI=1S/C14H27N/c1-14(2)10-12(14)13(15-3)11-8-6-4-5-7-9-11/h11-13,15H,4-10H2,1-3H3. The maximum atomic E-state index is 3.62. The van der Waals surface area contributed by atoms with Crippen molar-refractivity contribution in [1.29, 1.82) is 0 Å². The van der Waals surface area contributed by atoms with Crippen LogP contribution in [-0.4, -0.2) is 13.1 Å². The van der Waals surface area contributed by atoms with Crippen molar-refractivity contribution in [3.05, 3.63) is 0 Å². The maximum Gasteiger partial charge on any atom is 0.0126 e. The smallest absolute Gasteiger partial charge is 0.0126 e. The van der Waals surface area contributed by atoms with E-state index in [1.807, 2.05) is 0 Å². The predicted octanol–water partition coefficient (Wildman–Crippen LogP) is 3.59. The van der Waals surface area contributed by atoms with Crippen LogP contribution in [0.1, 0.15) is 58.8 Å². The molecule has 0 bridgehead atoms. The molecule has 1 heteroatoms. The topological polar surface area (TPSA) is 12.0 Å². The van der Waals surface area contributed by atoms with Crippen LogP contribution < -0.4 is 5.32 Å². The van der Waals surface area contributed by atoms with Gasteiger partial charge in [0.1, 0.15) is 0 Å². The van der Waals surface area contributed by atoms with Gasteiger partial charge in [0, 0.05) is 6.04 Å². The summed E-state index contributed by atoms with van der Waals surface area (Å²) in [6.45, 7) is 4.86. The molecule has 2 aliphatic carbocycles. The second kappa shape index (κ2) is 4.45. The fourth-order valence-electron chi connectivity index (χ4n) is 3.56. The van der Waals surface area contributed by atoms with E-state index in [1.165, 1.54) is 44.9 Å². The highest BCUT2D eigenvalue weighted by Crippen LogP contribution is 2.55. The molecular formula is C14H27N. The second-order valence-corrected chi connectivity index (χ2v) is 6.37. The molecule has 15 heavy (non-hydrogen) atoms. The lowest BCUT2D eigenvalue weighted by molar-refractivity contribution is 0.282. The molecule has 0 spiro atoms. The summed E-state index contributed by atoms with van der Waals surface area (Å²) in [6, 6.07) is 0.804. The third-order valence-electron chi connectivity index (χ3n) is 4.76. The van der Waals surface area contributed by atoms with Crippen LogP contribution in [0.3, 0.4) is 0 Å². The van der Waals surface area contributed by atoms with E-state index >= 15 is 0 Å². The molecule has 2 saturated carbocycles. The van der Waals surface area contributed by atoms with E-state index in [0.29, 0.717) is 5.41 Å². The highest BCUT2D eigenvalue weighted by molar-refractivity contribution is 5.03. The van der Waals surface area contributed by atoms with Crippen LogP contribution in [0, 0.1) is 17.3 Å². The van der Waals surface area contributed by atoms with Crippen molar-refractivity contribution in [3.63, 3.8) is 0 Å². The summed E-state index contributed by atoms with van der Waals surface area (Å²) >= 11 is 0. The Morgan fingerprint density at radius 3 is 2.00 bits per heavy atom. The maximum absolute atomic E-state index is 3.62. The number of hydrogen-bond donors (Lipinski definition) is 1. The van der Waals surface area contributed by atoms with Crippen molar-refractivity contribution in [2.45, 2.75) is 64.8 Å². The van der Waals surface area contributed by atoms with E-state index in [9.17, 15) is 0 Å². The zero-order valence-electron chi connectivity index (χ0n) is 10.7. The Hall–Kier alpha value is -0.0400. The Kier molecular flexibility index (Phi) is 3.39. The first-order valence-corrected chi connectivity index (χ1v) is 6.82. The molecule has 2 rings (SSSR count). The van der Waals surface area contributed by atoms with Gasteiger partial charge in [-0.15, -0.1) is 0 Å². The number of rotatable bonds is 3. The Morgan fingerprint density at radius 1 is 1.07 bits per heavy atom. The molecule has 2 aliphatic rings. The summed E-state index contributed by atoms with van der Waals surface area (Å²) in [6.07, 6.45) is 10.3. The third-order valence-corrected chi connectivity index (χ3v) is 4.76. The third kappa shape index (κ3) is 2.55. The van der Waals surface area contributed by atoms with Crippen molar-refractivity contribution >= 4 is 0 Å². The van der Waals surface area contributed by atoms with Gasteiger partial charge in [0.05, 0.1) is 0 Å². The molecule has 0 aromatic rings. The Labute approximate surface area is 95.0 Å². The Bertz CT molecular complexity index is 201. The van der Waals surface area contributed by atoms with Gasteiger partial charge >= 0.3 is 0 Å². The minimum Gasteiger partial charge on any atom is -0.316 e. The van der Waals surface area contributed by atoms with E-state index in [-0.39, 0.29) is 0 Å². The summed E-state index contributed by atoms with van der Waals surface area (Å²) in [5.41, 5.74) is 0.625. The fourth-order valence-corrected chi connectivity index (χ4v) is 3.56. The van der Waals surface area contributed by atoms with Crippen LogP contribution in [-0.2, 0) is 0 Å². The van der Waals surface area contributed by atoms with Gasteiger partial charge in [-0.3, -0.25) is 0 Å². The quantitative estimate of drug-likeness (QED) is 0.700. The van der Waals surface area contributed by atoms with Gasteiger partial charge in [-0.1, -0.05) is 39.5 Å². The molecule has 1 nitrogen and oxygen atoms in total. The fraction of sp³-hybridized carbons (Fsp3) is 1.00. The van der Waals surface area contributed by atoms with Crippen molar-refractivity contribution in [3.8, 4) is 0 Å². The van der Waals surface area contributed by atoms with Crippen LogP contribution >= 0.6 is 0 Å². The lowest BCUT2D eigenvalue weighted by atomic mass is 9.86. The van der Waals surface area contributed by atoms with Gasteiger partial charge in [-0.05, 0) is 43.6 Å². The molecule has 2 fully saturated rings. The average Bonchev–Trinajstić information content (AvgIpc) is 2.88. The van der Waals surface area contributed by atoms with E-state index < -0.39 is 0 Å². The normalized spacial score (nSPS) is 33.4. The van der Waals surface area contributed by atoms with Crippen LogP contribution in [0.2, 0.25) is 0 Å². The molecule has 0 aromatic heterocycles. The lowest BCUT2D eigenvalue weighted by Crippen LogP contribution is -2.36. The highest BCUT2D eigenvalue weighted by atomic mass is 14.9. The molecule has 0 saturated heterocycles. The summed E-state index contributed by atoms with van der Waals surface area (Å²) in [7, 11) is 2.17. The van der Waals surface area contributed by atoms with E-state index in [0.717, 1.165) is 17.9 Å². The van der Waals surface area contributed by atoms with Crippen molar-refractivity contribution in [2.24, 2.45) is 17.3 Å². The molecule has 2 atom stereocenters. The molecule has 0 heterocycles. The first-order chi connectivity index (χ1) is 7.15. The van der Waals surface area contributed by atoms with Gasteiger partial charge < -0.3 is 5.32 Å². The number of hydrogen-bond acceptors (Lipinski definition) is 1. The molecular weight excluding hydrogens is 182 g/mol. The summed E-state index contributed by atoms with van der Waals surface area (Å²) in [4.78, 5) is 0. The Morgan fingerprint density at radius 2 is 1.60 bits per heavy atom. The Balaban J connectivity index is 1.93. The second-order valence-electron chi connectivity index (χ2n) is 6.37. The molecule has 2 unspecified atom stereocenters. The molecule has 88 valence electrons. The van der Waals surface area contributed by atoms with E-state index in [4.69, 9.17) is 0 Å². The lowest BCUT2D eigenvalue weighted by Gasteiger charge is -2.27. The molecule has 0 amide bonds. The van der Waals surface area contributed by atoms with Gasteiger partial charge in [0.25, 0.3) is 0 Å². The minimum atomic E-state index is 0.625. The van der Waals surface area contributed by atoms with Gasteiger partial charge in [0.2, 0.25) is 0 Å². The van der Waals surface area contributed by atoms with Crippen molar-refractivity contribution < 1.29 is 0 Å². The first-order valence-electron chi connectivity index (χ1n) is 6.82. The van der Waals surface area contributed by atoms with Gasteiger partial charge in [-0.25, -0.2) is 0 Å². The SMILES string of the molecule is CNC(C1CCCCCC1)C1CC1(C)C. The van der Waals surface area contributed by atoms with Crippen LogP contribution in [0.15, 0.2) is 0 Å². The zero-order valence-corrected chi connectivity index (χ0v) is 10.7. The summed E-state index contributed by atoms with van der Waals surface area (Å²) < 4.78 is 0. The number of nitrogens with one attached hydrogen (secondary N) is 1. The summed E-state index contributed by atoms with van der Waals surface area (Å²) in [5, 5.41) is 3.62. The largest absolute Gasteiger partial charge is 0.316 e. The zero-order chi connectivity index (χ0) is 10.9. The van der Waals surface area contributed by atoms with Crippen LogP contribution in [0.25, 0.3) is 0 Å². The van der Waals surface area contributed by atoms with Crippen LogP contribution in [0.5, 0.6) is 0 Å². The molecule has 0 radical (unpaired) electrons. The monoisotopic (exact) mass is 209 g/mol. The molecule has 1 N–H and O–H groups in total. The summed E-state index contributed by atoms with van der Waals surface area (Å²) in [5.74, 6) is 1.91. The van der Waals surface area contributed by atoms with Crippen molar-refractivity contribution in [1.82, 2.24) is 5.32 Å². The van der Waals surface area contributed by atoms with Crippen LogP contribution in [0.4, 0.5) is 0 Å². The van der Waals surface area contributed by atoms with E-state index in [1.54, 1.807) is 0 Å². The average molecular weight is 209 g/mol. The predicted molar refractivity (Wildman–Crippen MR) is 65.9 cm³/mol. The van der Waals surface area contributed by atoms with Crippen molar-refractivity contribution in [2.75, 3.05) is 7.05 Å². The van der Waals surface area contributed by atoms with Gasteiger partial charge in [-0.2, -0.15) is 0 Å². The first kappa shape index (κ1) is 11.4. The van der Waals surface area contributed by atoms with E-state index in [2.05, 4.69) is 26.2 Å². The molecule has 0 aromatic carbocycles.